The van der Waals surface area contributed by atoms with E-state index in [1.165, 1.54) is 16.5 Å². The Morgan fingerprint density at radius 1 is 1.25 bits per heavy atom. The molecule has 0 unspecified atom stereocenters. The molecule has 1 amide bonds. The van der Waals surface area contributed by atoms with Crippen molar-refractivity contribution in [1.29, 1.82) is 0 Å². The molecule has 4 rings (SSSR count). The number of rotatable bonds is 3. The Balaban J connectivity index is 1.43. The first-order valence-electron chi connectivity index (χ1n) is 7.69. The molecule has 0 radical (unpaired) electrons. The summed E-state index contributed by atoms with van der Waals surface area (Å²) < 4.78 is 10.7. The largest absolute Gasteiger partial charge is 0.484 e. The highest BCUT2D eigenvalue weighted by molar-refractivity contribution is 7.10. The molecule has 0 atom stereocenters. The van der Waals surface area contributed by atoms with Crippen LogP contribution in [0.5, 0.6) is 5.75 Å². The third-order valence-corrected chi connectivity index (χ3v) is 5.14. The molecule has 0 aliphatic carbocycles. The molecule has 5 nitrogen and oxygen atoms in total. The number of thiophene rings is 1. The molecule has 6 heteroatoms. The lowest BCUT2D eigenvalue weighted by atomic mass is 10.1. The van der Waals surface area contributed by atoms with Crippen molar-refractivity contribution in [3.63, 3.8) is 0 Å². The summed E-state index contributed by atoms with van der Waals surface area (Å²) >= 11 is 1.75. The number of hydrogen-bond acceptors (Lipinski definition) is 5. The number of ether oxygens (including phenoxy) is 1. The zero-order valence-electron chi connectivity index (χ0n) is 12.9. The van der Waals surface area contributed by atoms with Crippen LogP contribution in [-0.4, -0.2) is 24.0 Å². The highest BCUT2D eigenvalue weighted by Crippen LogP contribution is 2.24. The van der Waals surface area contributed by atoms with Gasteiger partial charge in [-0.1, -0.05) is 0 Å². The average molecular weight is 341 g/mol. The summed E-state index contributed by atoms with van der Waals surface area (Å²) in [6, 6.07) is 10.4. The van der Waals surface area contributed by atoms with Gasteiger partial charge in [0.15, 0.2) is 6.61 Å². The van der Waals surface area contributed by atoms with Crippen molar-refractivity contribution < 1.29 is 13.9 Å². The van der Waals surface area contributed by atoms with E-state index >= 15 is 0 Å². The Kier molecular flexibility index (Phi) is 3.82. The zero-order valence-corrected chi connectivity index (χ0v) is 13.7. The van der Waals surface area contributed by atoms with Crippen LogP contribution in [0, 0.1) is 0 Å². The second kappa shape index (κ2) is 6.13. The fourth-order valence-electron chi connectivity index (χ4n) is 2.83. The second-order valence-corrected chi connectivity index (χ2v) is 6.68. The van der Waals surface area contributed by atoms with Crippen LogP contribution in [0.15, 0.2) is 51.0 Å². The molecule has 0 saturated carbocycles. The van der Waals surface area contributed by atoms with Crippen molar-refractivity contribution in [3.8, 4) is 5.75 Å². The topological polar surface area (TPSA) is 59.8 Å². The second-order valence-electron chi connectivity index (χ2n) is 5.68. The number of carbonyl (C=O) groups is 1. The Morgan fingerprint density at radius 2 is 2.12 bits per heavy atom. The van der Waals surface area contributed by atoms with Crippen molar-refractivity contribution in [2.45, 2.75) is 13.0 Å². The van der Waals surface area contributed by atoms with Gasteiger partial charge in [0.1, 0.15) is 11.3 Å². The molecular formula is C18H15NO4S. The van der Waals surface area contributed by atoms with Gasteiger partial charge in [0.05, 0.1) is 0 Å². The third-order valence-electron chi connectivity index (χ3n) is 4.12. The highest BCUT2D eigenvalue weighted by Gasteiger charge is 2.21. The van der Waals surface area contributed by atoms with Crippen molar-refractivity contribution in [1.82, 2.24) is 4.90 Å². The zero-order chi connectivity index (χ0) is 16.5. The van der Waals surface area contributed by atoms with E-state index in [1.807, 2.05) is 4.90 Å². The molecule has 0 fully saturated rings. The van der Waals surface area contributed by atoms with Gasteiger partial charge in [-0.3, -0.25) is 4.79 Å². The normalized spacial score (nSPS) is 13.8. The monoisotopic (exact) mass is 341 g/mol. The van der Waals surface area contributed by atoms with Crippen LogP contribution < -0.4 is 10.4 Å². The highest BCUT2D eigenvalue weighted by atomic mass is 32.1. The fourth-order valence-corrected chi connectivity index (χ4v) is 3.72. The molecule has 122 valence electrons. The molecule has 0 spiro atoms. The number of benzene rings is 1. The van der Waals surface area contributed by atoms with Gasteiger partial charge in [-0.15, -0.1) is 11.3 Å². The third kappa shape index (κ3) is 2.92. The summed E-state index contributed by atoms with van der Waals surface area (Å²) in [7, 11) is 0. The summed E-state index contributed by atoms with van der Waals surface area (Å²) in [4.78, 5) is 26.8. The minimum absolute atomic E-state index is 0.0258. The van der Waals surface area contributed by atoms with E-state index in [-0.39, 0.29) is 12.5 Å². The van der Waals surface area contributed by atoms with E-state index in [0.717, 1.165) is 18.4 Å². The molecule has 1 aliphatic rings. The maximum Gasteiger partial charge on any atom is 0.336 e. The summed E-state index contributed by atoms with van der Waals surface area (Å²) in [5.74, 6) is 0.472. The Morgan fingerprint density at radius 3 is 3.04 bits per heavy atom. The van der Waals surface area contributed by atoms with E-state index in [1.54, 1.807) is 35.6 Å². The van der Waals surface area contributed by atoms with Gasteiger partial charge in [-0.05, 0) is 41.6 Å². The molecule has 3 aromatic rings. The number of fused-ring (bicyclic) bond motifs is 2. The van der Waals surface area contributed by atoms with Crippen LogP contribution in [0.4, 0.5) is 0 Å². The van der Waals surface area contributed by atoms with E-state index in [0.29, 0.717) is 17.9 Å². The molecule has 0 N–H and O–H groups in total. The maximum absolute atomic E-state index is 12.4. The first-order valence-corrected chi connectivity index (χ1v) is 8.57. The van der Waals surface area contributed by atoms with Crippen molar-refractivity contribution in [3.05, 3.63) is 62.6 Å². The SMILES string of the molecule is O=C(COc1ccc2ccc(=O)oc2c1)N1CCc2sccc2C1. The summed E-state index contributed by atoms with van der Waals surface area (Å²) in [6.45, 7) is 1.35. The van der Waals surface area contributed by atoms with Crippen molar-refractivity contribution >= 4 is 28.2 Å². The van der Waals surface area contributed by atoms with Gasteiger partial charge in [-0.2, -0.15) is 0 Å². The molecule has 24 heavy (non-hydrogen) atoms. The lowest BCUT2D eigenvalue weighted by Gasteiger charge is -2.26. The smallest absolute Gasteiger partial charge is 0.336 e. The average Bonchev–Trinajstić information content (AvgIpc) is 3.06. The molecule has 1 aromatic carbocycles. The van der Waals surface area contributed by atoms with Crippen molar-refractivity contribution in [2.24, 2.45) is 0 Å². The fraction of sp³-hybridized carbons (Fsp3) is 0.222. The van der Waals surface area contributed by atoms with E-state index in [9.17, 15) is 9.59 Å². The molecule has 3 heterocycles. The first-order chi connectivity index (χ1) is 11.7. The number of carbonyl (C=O) groups excluding carboxylic acids is 1. The minimum Gasteiger partial charge on any atom is -0.484 e. The summed E-state index contributed by atoms with van der Waals surface area (Å²) in [5, 5.41) is 2.88. The molecule has 1 aliphatic heterocycles. The van der Waals surface area contributed by atoms with E-state index in [4.69, 9.17) is 9.15 Å². The lowest BCUT2D eigenvalue weighted by molar-refractivity contribution is -0.134. The van der Waals surface area contributed by atoms with Crippen LogP contribution in [0.25, 0.3) is 11.0 Å². The standard InChI is InChI=1S/C18H15NO4S/c20-17(19-7-5-16-13(10-19)6-8-24-16)11-22-14-3-1-12-2-4-18(21)23-15(12)9-14/h1-4,6,8-9H,5,7,10-11H2. The Labute approximate surface area is 142 Å². The quantitative estimate of drug-likeness (QED) is 0.687. The maximum atomic E-state index is 12.4. The van der Waals surface area contributed by atoms with Gasteiger partial charge in [0, 0.05) is 35.5 Å². The molecule has 0 bridgehead atoms. The van der Waals surface area contributed by atoms with E-state index < -0.39 is 5.63 Å². The number of amides is 1. The summed E-state index contributed by atoms with van der Waals surface area (Å²) in [5.41, 5.74) is 1.27. The van der Waals surface area contributed by atoms with Crippen LogP contribution in [0.3, 0.4) is 0 Å². The lowest BCUT2D eigenvalue weighted by Crippen LogP contribution is -2.38. The first kappa shape index (κ1) is 15.0. The summed E-state index contributed by atoms with van der Waals surface area (Å²) in [6.07, 6.45) is 0.903. The Hall–Kier alpha value is -2.60. The Bertz CT molecular complexity index is 959. The number of hydrogen-bond donors (Lipinski definition) is 0. The molecule has 2 aromatic heterocycles. The van der Waals surface area contributed by atoms with Gasteiger partial charge in [0.25, 0.3) is 5.91 Å². The molecular weight excluding hydrogens is 326 g/mol. The van der Waals surface area contributed by atoms with Crippen LogP contribution >= 0.6 is 11.3 Å². The van der Waals surface area contributed by atoms with Gasteiger partial charge in [0.2, 0.25) is 0 Å². The van der Waals surface area contributed by atoms with Crippen LogP contribution in [-0.2, 0) is 17.8 Å². The van der Waals surface area contributed by atoms with Gasteiger partial charge >= 0.3 is 5.63 Å². The van der Waals surface area contributed by atoms with Gasteiger partial charge in [-0.25, -0.2) is 4.79 Å². The van der Waals surface area contributed by atoms with Crippen molar-refractivity contribution in [2.75, 3.05) is 13.2 Å². The minimum atomic E-state index is -0.407. The van der Waals surface area contributed by atoms with E-state index in [2.05, 4.69) is 11.4 Å². The molecule has 0 saturated heterocycles. The predicted molar refractivity (Wildman–Crippen MR) is 91.4 cm³/mol. The van der Waals surface area contributed by atoms with Gasteiger partial charge < -0.3 is 14.1 Å². The van der Waals surface area contributed by atoms with Crippen LogP contribution in [0.2, 0.25) is 0 Å². The predicted octanol–water partition coefficient (Wildman–Crippen LogP) is 2.82. The number of nitrogens with zero attached hydrogens (tertiary/aromatic N) is 1. The van der Waals surface area contributed by atoms with Crippen LogP contribution in [0.1, 0.15) is 10.4 Å².